The van der Waals surface area contributed by atoms with Crippen molar-refractivity contribution in [3.63, 3.8) is 0 Å². The molecule has 86 valence electrons. The number of halogens is 2. The molecule has 1 rings (SSSR count). The molecular formula is C10H9BrINO3. The monoisotopic (exact) mass is 397 g/mol. The molecule has 0 fully saturated rings. The van der Waals surface area contributed by atoms with Crippen molar-refractivity contribution < 1.29 is 14.7 Å². The Hall–Kier alpha value is -0.630. The van der Waals surface area contributed by atoms with Gasteiger partial charge in [0.05, 0.1) is 5.56 Å². The zero-order valence-corrected chi connectivity index (χ0v) is 12.1. The van der Waals surface area contributed by atoms with Crippen LogP contribution in [0, 0.1) is 3.57 Å². The summed E-state index contributed by atoms with van der Waals surface area (Å²) in [5.41, 5.74) is 0.431. The lowest BCUT2D eigenvalue weighted by molar-refractivity contribution is -0.138. The molecule has 0 aromatic heterocycles. The van der Waals surface area contributed by atoms with Gasteiger partial charge in [0.1, 0.15) is 6.04 Å². The summed E-state index contributed by atoms with van der Waals surface area (Å²) in [4.78, 5) is 22.3. The minimum Gasteiger partial charge on any atom is -0.480 e. The first-order chi connectivity index (χ1) is 7.41. The van der Waals surface area contributed by atoms with Gasteiger partial charge in [-0.25, -0.2) is 0 Å². The lowest BCUT2D eigenvalue weighted by atomic mass is 10.2. The highest BCUT2D eigenvalue weighted by molar-refractivity contribution is 14.1. The number of carbonyl (C=O) groups excluding carboxylic acids is 1. The van der Waals surface area contributed by atoms with E-state index in [2.05, 4.69) is 43.8 Å². The van der Waals surface area contributed by atoms with Gasteiger partial charge < -0.3 is 10.4 Å². The van der Waals surface area contributed by atoms with Crippen molar-refractivity contribution in [3.05, 3.63) is 31.8 Å². The molecule has 0 aliphatic carbocycles. The summed E-state index contributed by atoms with van der Waals surface area (Å²) in [7, 11) is 0. The van der Waals surface area contributed by atoms with Crippen molar-refractivity contribution in [1.29, 1.82) is 0 Å². The van der Waals surface area contributed by atoms with Crippen LogP contribution in [-0.4, -0.2) is 23.0 Å². The Labute approximate surface area is 115 Å². The fourth-order valence-corrected chi connectivity index (χ4v) is 1.93. The molecule has 4 nitrogen and oxygen atoms in total. The van der Waals surface area contributed by atoms with Gasteiger partial charge in [-0.2, -0.15) is 0 Å². The maximum absolute atomic E-state index is 11.7. The average molecular weight is 398 g/mol. The predicted molar refractivity (Wildman–Crippen MR) is 71.4 cm³/mol. The van der Waals surface area contributed by atoms with Crippen LogP contribution in [0.15, 0.2) is 22.7 Å². The maximum Gasteiger partial charge on any atom is 0.325 e. The summed E-state index contributed by atoms with van der Waals surface area (Å²) in [5, 5.41) is 11.1. The maximum atomic E-state index is 11.7. The van der Waals surface area contributed by atoms with E-state index >= 15 is 0 Å². The molecule has 1 atom stereocenters. The number of benzene rings is 1. The van der Waals surface area contributed by atoms with Crippen molar-refractivity contribution in [1.82, 2.24) is 5.32 Å². The van der Waals surface area contributed by atoms with E-state index in [1.807, 2.05) is 6.07 Å². The van der Waals surface area contributed by atoms with Crippen LogP contribution in [0.2, 0.25) is 0 Å². The SMILES string of the molecule is C[C@@H](NC(=O)c1cc(I)ccc1Br)C(=O)O. The fraction of sp³-hybridized carbons (Fsp3) is 0.200. The molecule has 0 radical (unpaired) electrons. The van der Waals surface area contributed by atoms with Crippen LogP contribution in [0.1, 0.15) is 17.3 Å². The Kier molecular flexibility index (Phi) is 4.72. The molecule has 1 aromatic carbocycles. The van der Waals surface area contributed by atoms with Crippen molar-refractivity contribution in [2.45, 2.75) is 13.0 Å². The molecule has 0 spiro atoms. The first kappa shape index (κ1) is 13.4. The molecule has 0 bridgehead atoms. The summed E-state index contributed by atoms with van der Waals surface area (Å²) >= 11 is 5.33. The molecular weight excluding hydrogens is 389 g/mol. The van der Waals surface area contributed by atoms with Crippen LogP contribution >= 0.6 is 38.5 Å². The number of carboxylic acid groups (broad SMARTS) is 1. The lowest BCUT2D eigenvalue weighted by Gasteiger charge is -2.10. The number of nitrogens with one attached hydrogen (secondary N) is 1. The van der Waals surface area contributed by atoms with Gasteiger partial charge in [0, 0.05) is 8.04 Å². The van der Waals surface area contributed by atoms with Crippen LogP contribution in [0.4, 0.5) is 0 Å². The van der Waals surface area contributed by atoms with Crippen LogP contribution in [0.5, 0.6) is 0 Å². The Morgan fingerprint density at radius 2 is 2.12 bits per heavy atom. The van der Waals surface area contributed by atoms with Gasteiger partial charge in [0.15, 0.2) is 0 Å². The van der Waals surface area contributed by atoms with Gasteiger partial charge in [-0.3, -0.25) is 9.59 Å². The van der Waals surface area contributed by atoms with Gasteiger partial charge in [-0.1, -0.05) is 0 Å². The topological polar surface area (TPSA) is 66.4 Å². The molecule has 1 amide bonds. The number of carboxylic acids is 1. The van der Waals surface area contributed by atoms with Gasteiger partial charge >= 0.3 is 5.97 Å². The summed E-state index contributed by atoms with van der Waals surface area (Å²) in [6.45, 7) is 1.42. The van der Waals surface area contributed by atoms with Crippen molar-refractivity contribution >= 4 is 50.4 Å². The third-order valence-electron chi connectivity index (χ3n) is 1.89. The van der Waals surface area contributed by atoms with Crippen molar-refractivity contribution in [2.24, 2.45) is 0 Å². The Bertz CT molecular complexity index is 436. The summed E-state index contributed by atoms with van der Waals surface area (Å²) < 4.78 is 1.55. The molecule has 0 unspecified atom stereocenters. The number of aliphatic carboxylic acids is 1. The third-order valence-corrected chi connectivity index (χ3v) is 3.25. The molecule has 2 N–H and O–H groups in total. The number of hydrogen-bond donors (Lipinski definition) is 2. The Morgan fingerprint density at radius 1 is 1.50 bits per heavy atom. The highest BCUT2D eigenvalue weighted by atomic mass is 127. The standard InChI is InChI=1S/C10H9BrINO3/c1-5(10(15)16)13-9(14)7-4-6(12)2-3-8(7)11/h2-5H,1H3,(H,13,14)(H,15,16)/t5-/m1/s1. The second kappa shape index (κ2) is 5.62. The van der Waals surface area contributed by atoms with Crippen molar-refractivity contribution in [2.75, 3.05) is 0 Å². The van der Waals surface area contributed by atoms with Crippen LogP contribution in [0.3, 0.4) is 0 Å². The summed E-state index contributed by atoms with van der Waals surface area (Å²) in [6.07, 6.45) is 0. The van der Waals surface area contributed by atoms with Gasteiger partial charge in [-0.15, -0.1) is 0 Å². The van der Waals surface area contributed by atoms with E-state index in [9.17, 15) is 9.59 Å². The van der Waals surface area contributed by atoms with E-state index in [0.717, 1.165) is 3.57 Å². The quantitative estimate of drug-likeness (QED) is 0.769. The third kappa shape index (κ3) is 3.44. The Balaban J connectivity index is 2.88. The summed E-state index contributed by atoms with van der Waals surface area (Å²) in [5.74, 6) is -1.46. The molecule has 0 heterocycles. The zero-order chi connectivity index (χ0) is 12.3. The normalized spacial score (nSPS) is 11.9. The number of amides is 1. The highest BCUT2D eigenvalue weighted by Gasteiger charge is 2.17. The van der Waals surface area contributed by atoms with Gasteiger partial charge in [0.2, 0.25) is 0 Å². The minimum atomic E-state index is -1.06. The average Bonchev–Trinajstić information content (AvgIpc) is 2.21. The van der Waals surface area contributed by atoms with E-state index in [1.54, 1.807) is 12.1 Å². The molecule has 6 heteroatoms. The second-order valence-electron chi connectivity index (χ2n) is 3.16. The van der Waals surface area contributed by atoms with E-state index in [1.165, 1.54) is 6.92 Å². The molecule has 0 aliphatic rings. The zero-order valence-electron chi connectivity index (χ0n) is 8.33. The van der Waals surface area contributed by atoms with Crippen molar-refractivity contribution in [3.8, 4) is 0 Å². The van der Waals surface area contributed by atoms with E-state index in [0.29, 0.717) is 10.0 Å². The predicted octanol–water partition coefficient (Wildman–Crippen LogP) is 2.26. The van der Waals surface area contributed by atoms with Crippen LogP contribution in [-0.2, 0) is 4.79 Å². The highest BCUT2D eigenvalue weighted by Crippen LogP contribution is 2.19. The number of hydrogen-bond acceptors (Lipinski definition) is 2. The van der Waals surface area contributed by atoms with Crippen LogP contribution < -0.4 is 5.32 Å². The van der Waals surface area contributed by atoms with Gasteiger partial charge in [0.25, 0.3) is 5.91 Å². The fourth-order valence-electron chi connectivity index (χ4n) is 1.01. The van der Waals surface area contributed by atoms with Crippen LogP contribution in [0.25, 0.3) is 0 Å². The minimum absolute atomic E-state index is 0.403. The molecule has 0 saturated heterocycles. The van der Waals surface area contributed by atoms with E-state index in [-0.39, 0.29) is 0 Å². The van der Waals surface area contributed by atoms with Gasteiger partial charge in [-0.05, 0) is 63.6 Å². The largest absolute Gasteiger partial charge is 0.480 e. The summed E-state index contributed by atoms with van der Waals surface area (Å²) in [6, 6.07) is 4.39. The number of rotatable bonds is 3. The Morgan fingerprint density at radius 3 is 2.69 bits per heavy atom. The number of carbonyl (C=O) groups is 2. The van der Waals surface area contributed by atoms with E-state index < -0.39 is 17.9 Å². The van der Waals surface area contributed by atoms with E-state index in [4.69, 9.17) is 5.11 Å². The first-order valence-electron chi connectivity index (χ1n) is 4.40. The molecule has 1 aromatic rings. The molecule has 16 heavy (non-hydrogen) atoms. The lowest BCUT2D eigenvalue weighted by Crippen LogP contribution is -2.38. The first-order valence-corrected chi connectivity index (χ1v) is 6.27. The molecule has 0 aliphatic heterocycles. The smallest absolute Gasteiger partial charge is 0.325 e. The molecule has 0 saturated carbocycles. The second-order valence-corrected chi connectivity index (χ2v) is 5.26.